The number of nitrogens with zero attached hydrogens (tertiary/aromatic N) is 1. The number of pyridine rings is 1. The van der Waals surface area contributed by atoms with Crippen molar-refractivity contribution in [3.05, 3.63) is 23.9 Å². The third-order valence-electron chi connectivity index (χ3n) is 2.49. The quantitative estimate of drug-likeness (QED) is 0.742. The minimum Gasteiger partial charge on any atom is -0.481 e. The van der Waals surface area contributed by atoms with Gasteiger partial charge in [0.25, 0.3) is 0 Å². The van der Waals surface area contributed by atoms with Gasteiger partial charge in [-0.05, 0) is 25.3 Å². The molecule has 1 atom stereocenters. The van der Waals surface area contributed by atoms with Crippen molar-refractivity contribution in [2.75, 3.05) is 19.9 Å². The summed E-state index contributed by atoms with van der Waals surface area (Å²) in [7, 11) is 1.65. The maximum Gasteiger partial charge on any atom is 0.217 e. The summed E-state index contributed by atoms with van der Waals surface area (Å²) in [6, 6.07) is 3.97. The molecule has 0 fully saturated rings. The van der Waals surface area contributed by atoms with Crippen molar-refractivity contribution in [2.24, 2.45) is 0 Å². The van der Waals surface area contributed by atoms with Crippen LogP contribution in [0.2, 0.25) is 0 Å². The SMILES string of the molecule is COc1ncccc1CNCCC(C)SC. The number of methoxy groups -OCH3 is 1. The van der Waals surface area contributed by atoms with Crippen LogP contribution >= 0.6 is 11.8 Å². The summed E-state index contributed by atoms with van der Waals surface area (Å²) in [5, 5.41) is 4.12. The van der Waals surface area contributed by atoms with Crippen molar-refractivity contribution < 1.29 is 4.74 Å². The maximum absolute atomic E-state index is 5.19. The number of rotatable bonds is 7. The Bertz CT molecular complexity index is 307. The van der Waals surface area contributed by atoms with Gasteiger partial charge in [0, 0.05) is 23.6 Å². The molecule has 3 nitrogen and oxygen atoms in total. The Kier molecular flexibility index (Phi) is 6.26. The van der Waals surface area contributed by atoms with Crippen LogP contribution in [0.4, 0.5) is 0 Å². The first kappa shape index (κ1) is 13.3. The van der Waals surface area contributed by atoms with E-state index in [2.05, 4.69) is 23.5 Å². The second-order valence-electron chi connectivity index (χ2n) is 3.68. The fourth-order valence-electron chi connectivity index (χ4n) is 1.39. The molecule has 0 spiro atoms. The molecule has 4 heteroatoms. The second kappa shape index (κ2) is 7.52. The molecule has 0 bridgehead atoms. The van der Waals surface area contributed by atoms with Gasteiger partial charge in [0.15, 0.2) is 0 Å². The van der Waals surface area contributed by atoms with E-state index in [4.69, 9.17) is 4.74 Å². The van der Waals surface area contributed by atoms with Gasteiger partial charge in [0.1, 0.15) is 0 Å². The topological polar surface area (TPSA) is 34.1 Å². The Hall–Kier alpha value is -0.740. The molecule has 0 aliphatic rings. The maximum atomic E-state index is 5.19. The van der Waals surface area contributed by atoms with Gasteiger partial charge in [-0.1, -0.05) is 13.0 Å². The Balaban J connectivity index is 2.31. The molecule has 0 aliphatic carbocycles. The van der Waals surface area contributed by atoms with Crippen molar-refractivity contribution in [1.29, 1.82) is 0 Å². The van der Waals surface area contributed by atoms with Crippen LogP contribution in [0.5, 0.6) is 5.88 Å². The zero-order chi connectivity index (χ0) is 11.8. The predicted molar refractivity (Wildman–Crippen MR) is 70.1 cm³/mol. The summed E-state index contributed by atoms with van der Waals surface area (Å²) in [6.45, 7) is 4.09. The van der Waals surface area contributed by atoms with E-state index in [1.54, 1.807) is 13.3 Å². The molecule has 90 valence electrons. The molecule has 1 unspecified atom stereocenters. The first-order chi connectivity index (χ1) is 7.77. The molecule has 0 aliphatic heterocycles. The van der Waals surface area contributed by atoms with Crippen LogP contribution in [0, 0.1) is 0 Å². The van der Waals surface area contributed by atoms with E-state index in [1.165, 1.54) is 6.42 Å². The molecular weight excluding hydrogens is 220 g/mol. The second-order valence-corrected chi connectivity index (χ2v) is 4.96. The van der Waals surface area contributed by atoms with Crippen molar-refractivity contribution in [3.63, 3.8) is 0 Å². The molecule has 0 aromatic carbocycles. The van der Waals surface area contributed by atoms with Crippen LogP contribution in [0.3, 0.4) is 0 Å². The van der Waals surface area contributed by atoms with Crippen LogP contribution < -0.4 is 10.1 Å². The highest BCUT2D eigenvalue weighted by molar-refractivity contribution is 7.99. The molecule has 1 aromatic heterocycles. The van der Waals surface area contributed by atoms with Gasteiger partial charge in [0.2, 0.25) is 5.88 Å². The summed E-state index contributed by atoms with van der Waals surface area (Å²) in [5.41, 5.74) is 1.11. The molecule has 1 heterocycles. The fraction of sp³-hybridized carbons (Fsp3) is 0.583. The average Bonchev–Trinajstić information content (AvgIpc) is 2.34. The van der Waals surface area contributed by atoms with E-state index in [-0.39, 0.29) is 0 Å². The summed E-state index contributed by atoms with van der Waals surface area (Å²) >= 11 is 1.90. The van der Waals surface area contributed by atoms with Crippen molar-refractivity contribution in [2.45, 2.75) is 25.1 Å². The molecule has 1 N–H and O–H groups in total. The molecule has 1 rings (SSSR count). The van der Waals surface area contributed by atoms with Crippen LogP contribution in [0.1, 0.15) is 18.9 Å². The van der Waals surface area contributed by atoms with Gasteiger partial charge in [-0.2, -0.15) is 11.8 Å². The molecule has 1 aromatic rings. The van der Waals surface area contributed by atoms with Crippen LogP contribution in [0.15, 0.2) is 18.3 Å². The zero-order valence-corrected chi connectivity index (χ0v) is 11.0. The number of nitrogens with one attached hydrogen (secondary N) is 1. The van der Waals surface area contributed by atoms with Gasteiger partial charge in [0.05, 0.1) is 7.11 Å². The largest absolute Gasteiger partial charge is 0.481 e. The fourth-order valence-corrected chi connectivity index (χ4v) is 1.74. The number of aromatic nitrogens is 1. The van der Waals surface area contributed by atoms with Gasteiger partial charge in [-0.25, -0.2) is 4.98 Å². The molecular formula is C12H20N2OS. The molecule has 0 radical (unpaired) electrons. The Morgan fingerprint density at radius 3 is 3.06 bits per heavy atom. The van der Waals surface area contributed by atoms with Gasteiger partial charge < -0.3 is 10.1 Å². The van der Waals surface area contributed by atoms with Crippen molar-refractivity contribution >= 4 is 11.8 Å². The van der Waals surface area contributed by atoms with Gasteiger partial charge in [-0.3, -0.25) is 0 Å². The van der Waals surface area contributed by atoms with Crippen molar-refractivity contribution in [3.8, 4) is 5.88 Å². The van der Waals surface area contributed by atoms with E-state index in [0.29, 0.717) is 11.1 Å². The summed E-state index contributed by atoms with van der Waals surface area (Å²) in [5.74, 6) is 0.716. The molecule has 16 heavy (non-hydrogen) atoms. The highest BCUT2D eigenvalue weighted by atomic mass is 32.2. The third-order valence-corrected chi connectivity index (χ3v) is 3.53. The molecule has 0 saturated carbocycles. The summed E-state index contributed by atoms with van der Waals surface area (Å²) in [4.78, 5) is 4.16. The lowest BCUT2D eigenvalue weighted by Crippen LogP contribution is -2.18. The zero-order valence-electron chi connectivity index (χ0n) is 10.2. The van der Waals surface area contributed by atoms with Crippen LogP contribution in [-0.2, 0) is 6.54 Å². The Morgan fingerprint density at radius 1 is 1.56 bits per heavy atom. The highest BCUT2D eigenvalue weighted by Crippen LogP contribution is 2.13. The lowest BCUT2D eigenvalue weighted by atomic mass is 10.2. The summed E-state index contributed by atoms with van der Waals surface area (Å²) < 4.78 is 5.19. The highest BCUT2D eigenvalue weighted by Gasteiger charge is 2.03. The standard InChI is InChI=1S/C12H20N2OS/c1-10(16-3)6-8-13-9-11-5-4-7-14-12(11)15-2/h4-5,7,10,13H,6,8-9H2,1-3H3. The molecule has 0 amide bonds. The number of ether oxygens (including phenoxy) is 1. The van der Waals surface area contributed by atoms with E-state index < -0.39 is 0 Å². The van der Waals surface area contributed by atoms with E-state index in [1.807, 2.05) is 23.9 Å². The average molecular weight is 240 g/mol. The van der Waals surface area contributed by atoms with Crippen molar-refractivity contribution in [1.82, 2.24) is 10.3 Å². The number of thioether (sulfide) groups is 1. The number of hydrogen-bond donors (Lipinski definition) is 1. The van der Waals surface area contributed by atoms with E-state index in [0.717, 1.165) is 18.7 Å². The minimum atomic E-state index is 0.711. The lowest BCUT2D eigenvalue weighted by molar-refractivity contribution is 0.390. The minimum absolute atomic E-state index is 0.711. The van der Waals surface area contributed by atoms with E-state index in [9.17, 15) is 0 Å². The Morgan fingerprint density at radius 2 is 2.38 bits per heavy atom. The first-order valence-corrected chi connectivity index (χ1v) is 6.78. The van der Waals surface area contributed by atoms with E-state index >= 15 is 0 Å². The lowest BCUT2D eigenvalue weighted by Gasteiger charge is -2.10. The third kappa shape index (κ3) is 4.41. The predicted octanol–water partition coefficient (Wildman–Crippen LogP) is 2.32. The monoisotopic (exact) mass is 240 g/mol. The molecule has 0 saturated heterocycles. The first-order valence-electron chi connectivity index (χ1n) is 5.49. The van der Waals surface area contributed by atoms with Crippen LogP contribution in [0.25, 0.3) is 0 Å². The smallest absolute Gasteiger partial charge is 0.217 e. The van der Waals surface area contributed by atoms with Gasteiger partial charge in [-0.15, -0.1) is 0 Å². The summed E-state index contributed by atoms with van der Waals surface area (Å²) in [6.07, 6.45) is 5.08. The number of hydrogen-bond acceptors (Lipinski definition) is 4. The Labute approximate surface area is 102 Å². The normalized spacial score (nSPS) is 12.4. The van der Waals surface area contributed by atoms with Crippen LogP contribution in [-0.4, -0.2) is 30.1 Å². The van der Waals surface area contributed by atoms with Gasteiger partial charge >= 0.3 is 0 Å².